The van der Waals surface area contributed by atoms with E-state index in [4.69, 9.17) is 9.47 Å². The van der Waals surface area contributed by atoms with Gasteiger partial charge in [0.25, 0.3) is 0 Å². The van der Waals surface area contributed by atoms with Gasteiger partial charge in [0.2, 0.25) is 0 Å². The second-order valence-corrected chi connectivity index (χ2v) is 7.69. The highest BCUT2D eigenvalue weighted by Crippen LogP contribution is 2.33. The van der Waals surface area contributed by atoms with E-state index in [1.165, 1.54) is 5.56 Å². The second-order valence-electron chi connectivity index (χ2n) is 7.69. The normalized spacial score (nSPS) is 15.8. The molecule has 152 valence electrons. The molecule has 0 unspecified atom stereocenters. The van der Waals surface area contributed by atoms with Gasteiger partial charge in [-0.25, -0.2) is 0 Å². The number of rotatable bonds is 8. The summed E-state index contributed by atoms with van der Waals surface area (Å²) in [5, 5.41) is 0. The molecular formula is C23H33N3O2. The van der Waals surface area contributed by atoms with E-state index in [2.05, 4.69) is 53.1 Å². The monoisotopic (exact) mass is 383 g/mol. The van der Waals surface area contributed by atoms with Gasteiger partial charge >= 0.3 is 0 Å². The summed E-state index contributed by atoms with van der Waals surface area (Å²) in [6, 6.07) is 14.7. The first-order chi connectivity index (χ1) is 13.6. The number of methoxy groups -OCH3 is 2. The summed E-state index contributed by atoms with van der Waals surface area (Å²) in [5.74, 6) is 1.71. The summed E-state index contributed by atoms with van der Waals surface area (Å²) in [6.45, 7) is 7.83. The molecule has 0 radical (unpaired) electrons. The molecule has 0 saturated carbocycles. The van der Waals surface area contributed by atoms with Crippen molar-refractivity contribution in [3.8, 4) is 22.6 Å². The van der Waals surface area contributed by atoms with Crippen LogP contribution < -0.4 is 9.47 Å². The van der Waals surface area contributed by atoms with Crippen LogP contribution in [-0.4, -0.2) is 82.3 Å². The quantitative estimate of drug-likeness (QED) is 0.699. The largest absolute Gasteiger partial charge is 0.497 e. The summed E-state index contributed by atoms with van der Waals surface area (Å²) in [5.41, 5.74) is 3.57. The van der Waals surface area contributed by atoms with Crippen LogP contribution in [0.4, 0.5) is 0 Å². The van der Waals surface area contributed by atoms with E-state index < -0.39 is 0 Å². The Kier molecular flexibility index (Phi) is 7.31. The molecule has 0 atom stereocenters. The first-order valence-electron chi connectivity index (χ1n) is 10.00. The lowest BCUT2D eigenvalue weighted by molar-refractivity contribution is 0.120. The summed E-state index contributed by atoms with van der Waals surface area (Å²) < 4.78 is 11.0. The van der Waals surface area contributed by atoms with Crippen LogP contribution in [0.2, 0.25) is 0 Å². The Labute approximate surface area is 169 Å². The predicted molar refractivity (Wildman–Crippen MR) is 115 cm³/mol. The van der Waals surface area contributed by atoms with Crippen molar-refractivity contribution in [2.24, 2.45) is 0 Å². The minimum atomic E-state index is 0.843. The lowest BCUT2D eigenvalue weighted by atomic mass is 10.0. The third-order valence-electron chi connectivity index (χ3n) is 5.38. The fourth-order valence-corrected chi connectivity index (χ4v) is 3.65. The molecule has 5 nitrogen and oxygen atoms in total. The number of likely N-dealkylation sites (N-methyl/N-ethyl adjacent to an activating group) is 1. The Bertz CT molecular complexity index is 755. The van der Waals surface area contributed by atoms with Gasteiger partial charge in [0.1, 0.15) is 11.5 Å². The van der Waals surface area contributed by atoms with Crippen molar-refractivity contribution in [2.45, 2.75) is 6.54 Å². The van der Waals surface area contributed by atoms with Crippen molar-refractivity contribution in [3.63, 3.8) is 0 Å². The average Bonchev–Trinajstić information content (AvgIpc) is 2.73. The predicted octanol–water partition coefficient (Wildman–Crippen LogP) is 3.05. The van der Waals surface area contributed by atoms with Gasteiger partial charge in [-0.05, 0) is 49.5 Å². The Morgan fingerprint density at radius 3 is 2.32 bits per heavy atom. The van der Waals surface area contributed by atoms with Gasteiger partial charge in [0.15, 0.2) is 0 Å². The summed E-state index contributed by atoms with van der Waals surface area (Å²) >= 11 is 0. The van der Waals surface area contributed by atoms with E-state index in [0.717, 1.165) is 68.4 Å². The van der Waals surface area contributed by atoms with Gasteiger partial charge < -0.3 is 14.4 Å². The molecule has 2 aromatic rings. The molecule has 0 N–H and O–H groups in total. The van der Waals surface area contributed by atoms with Crippen LogP contribution >= 0.6 is 0 Å². The van der Waals surface area contributed by atoms with E-state index in [-0.39, 0.29) is 0 Å². The maximum atomic E-state index is 5.57. The number of hydrogen-bond donors (Lipinski definition) is 0. The van der Waals surface area contributed by atoms with Crippen LogP contribution in [0, 0.1) is 0 Å². The van der Waals surface area contributed by atoms with E-state index in [9.17, 15) is 0 Å². The minimum Gasteiger partial charge on any atom is -0.497 e. The van der Waals surface area contributed by atoms with Gasteiger partial charge in [0.05, 0.1) is 14.2 Å². The topological polar surface area (TPSA) is 28.2 Å². The van der Waals surface area contributed by atoms with Crippen LogP contribution in [0.25, 0.3) is 11.1 Å². The number of benzene rings is 2. The van der Waals surface area contributed by atoms with Crippen molar-refractivity contribution in [1.29, 1.82) is 0 Å². The molecule has 1 saturated heterocycles. The molecule has 1 fully saturated rings. The summed E-state index contributed by atoms with van der Waals surface area (Å²) in [4.78, 5) is 7.37. The van der Waals surface area contributed by atoms with Gasteiger partial charge in [-0.2, -0.15) is 0 Å². The van der Waals surface area contributed by atoms with Gasteiger partial charge in [-0.15, -0.1) is 0 Å². The Morgan fingerprint density at radius 2 is 1.64 bits per heavy atom. The van der Waals surface area contributed by atoms with Crippen LogP contribution in [0.3, 0.4) is 0 Å². The van der Waals surface area contributed by atoms with Crippen molar-refractivity contribution < 1.29 is 9.47 Å². The highest BCUT2D eigenvalue weighted by Gasteiger charge is 2.17. The van der Waals surface area contributed by atoms with E-state index in [1.54, 1.807) is 14.2 Å². The molecule has 0 aromatic heterocycles. The van der Waals surface area contributed by atoms with E-state index >= 15 is 0 Å². The first kappa shape index (κ1) is 20.6. The minimum absolute atomic E-state index is 0.843. The fraction of sp³-hybridized carbons (Fsp3) is 0.478. The highest BCUT2D eigenvalue weighted by atomic mass is 16.5. The zero-order chi connectivity index (χ0) is 19.9. The fourth-order valence-electron chi connectivity index (χ4n) is 3.65. The first-order valence-corrected chi connectivity index (χ1v) is 10.00. The van der Waals surface area contributed by atoms with Crippen molar-refractivity contribution in [3.05, 3.63) is 48.0 Å². The molecule has 5 heteroatoms. The second kappa shape index (κ2) is 9.92. The molecule has 3 rings (SSSR count). The third-order valence-corrected chi connectivity index (χ3v) is 5.38. The standard InChI is InChI=1S/C23H33N3O2/c1-24(2)10-11-25-12-14-26(15-13-25)18-19-6-5-7-20(16-19)22-17-21(27-3)8-9-23(22)28-4/h5-9,16-17H,10-15,18H2,1-4H3. The molecule has 0 amide bonds. The zero-order valence-electron chi connectivity index (χ0n) is 17.6. The van der Waals surface area contributed by atoms with Crippen LogP contribution in [0.5, 0.6) is 11.5 Å². The van der Waals surface area contributed by atoms with Gasteiger partial charge in [-0.3, -0.25) is 9.80 Å². The molecular weight excluding hydrogens is 350 g/mol. The number of piperazine rings is 1. The molecule has 28 heavy (non-hydrogen) atoms. The van der Waals surface area contributed by atoms with E-state index in [0.29, 0.717) is 0 Å². The molecule has 0 spiro atoms. The highest BCUT2D eigenvalue weighted by molar-refractivity contribution is 5.72. The lowest BCUT2D eigenvalue weighted by Gasteiger charge is -2.35. The molecule has 1 aliphatic heterocycles. The van der Waals surface area contributed by atoms with Crippen LogP contribution in [0.1, 0.15) is 5.56 Å². The van der Waals surface area contributed by atoms with Gasteiger partial charge in [0, 0.05) is 51.4 Å². The molecule has 2 aromatic carbocycles. The van der Waals surface area contributed by atoms with Crippen LogP contribution in [0.15, 0.2) is 42.5 Å². The number of ether oxygens (including phenoxy) is 2. The third kappa shape index (κ3) is 5.47. The average molecular weight is 384 g/mol. The van der Waals surface area contributed by atoms with Gasteiger partial charge in [-0.1, -0.05) is 18.2 Å². The maximum Gasteiger partial charge on any atom is 0.126 e. The van der Waals surface area contributed by atoms with Crippen molar-refractivity contribution >= 4 is 0 Å². The molecule has 0 aliphatic carbocycles. The van der Waals surface area contributed by atoms with Crippen molar-refractivity contribution in [2.75, 3.05) is 67.6 Å². The smallest absolute Gasteiger partial charge is 0.126 e. The van der Waals surface area contributed by atoms with Crippen molar-refractivity contribution in [1.82, 2.24) is 14.7 Å². The lowest BCUT2D eigenvalue weighted by Crippen LogP contribution is -2.47. The zero-order valence-corrected chi connectivity index (χ0v) is 17.6. The van der Waals surface area contributed by atoms with E-state index in [1.807, 2.05) is 18.2 Å². The maximum absolute atomic E-state index is 5.57. The Morgan fingerprint density at radius 1 is 0.893 bits per heavy atom. The Hall–Kier alpha value is -2.08. The van der Waals surface area contributed by atoms with Crippen LogP contribution in [-0.2, 0) is 6.54 Å². The summed E-state index contributed by atoms with van der Waals surface area (Å²) in [6.07, 6.45) is 0. The summed E-state index contributed by atoms with van der Waals surface area (Å²) in [7, 11) is 7.69. The molecule has 0 bridgehead atoms. The SMILES string of the molecule is COc1ccc(OC)c(-c2cccc(CN3CCN(CCN(C)C)CC3)c2)c1. The molecule has 1 heterocycles. The molecule has 1 aliphatic rings. The Balaban J connectivity index is 1.65. The number of hydrogen-bond acceptors (Lipinski definition) is 5. The number of nitrogens with zero attached hydrogens (tertiary/aromatic N) is 3.